The topological polar surface area (TPSA) is 58.6 Å². The average Bonchev–Trinajstić information content (AvgIpc) is 2.86. The molecule has 178 valence electrons. The van der Waals surface area contributed by atoms with E-state index in [0.29, 0.717) is 25.3 Å². The van der Waals surface area contributed by atoms with Crippen molar-refractivity contribution in [3.63, 3.8) is 0 Å². The third-order valence-corrected chi connectivity index (χ3v) is 5.68. The zero-order valence-electron chi connectivity index (χ0n) is 20.3. The molecule has 0 aliphatic carbocycles. The summed E-state index contributed by atoms with van der Waals surface area (Å²) in [4.78, 5) is 28.4. The molecule has 0 bridgehead atoms. The maximum absolute atomic E-state index is 13.5. The minimum atomic E-state index is -0.649. The third-order valence-electron chi connectivity index (χ3n) is 5.68. The van der Waals surface area contributed by atoms with E-state index in [1.165, 1.54) is 0 Å². The second kappa shape index (κ2) is 12.6. The molecule has 2 amide bonds. The fraction of sp³-hybridized carbons (Fsp3) is 0.310. The normalized spacial score (nSPS) is 11.5. The van der Waals surface area contributed by atoms with Crippen LogP contribution < -0.4 is 10.1 Å². The lowest BCUT2D eigenvalue weighted by Crippen LogP contribution is -2.51. The lowest BCUT2D eigenvalue weighted by atomic mass is 10.0. The van der Waals surface area contributed by atoms with Crippen molar-refractivity contribution in [2.75, 3.05) is 13.2 Å². The Hall–Kier alpha value is -3.60. The summed E-state index contributed by atoms with van der Waals surface area (Å²) in [5, 5.41) is 2.99. The minimum Gasteiger partial charge on any atom is -0.484 e. The number of nitrogens with one attached hydrogen (secondary N) is 1. The predicted octanol–water partition coefficient (Wildman–Crippen LogP) is 4.85. The second-order valence-electron chi connectivity index (χ2n) is 8.61. The van der Waals surface area contributed by atoms with Crippen LogP contribution in [0.5, 0.6) is 5.75 Å². The average molecular weight is 459 g/mol. The Morgan fingerprint density at radius 2 is 1.47 bits per heavy atom. The van der Waals surface area contributed by atoms with Crippen LogP contribution in [-0.2, 0) is 22.6 Å². The molecule has 5 nitrogen and oxygen atoms in total. The van der Waals surface area contributed by atoms with Gasteiger partial charge in [-0.2, -0.15) is 0 Å². The highest BCUT2D eigenvalue weighted by atomic mass is 16.5. The number of ether oxygens (including phenoxy) is 1. The molecule has 5 heteroatoms. The van der Waals surface area contributed by atoms with Crippen LogP contribution in [0.4, 0.5) is 0 Å². The highest BCUT2D eigenvalue weighted by Gasteiger charge is 2.30. The molecule has 3 rings (SSSR count). The van der Waals surface area contributed by atoms with Gasteiger partial charge in [0.25, 0.3) is 5.91 Å². The summed E-state index contributed by atoms with van der Waals surface area (Å²) in [6, 6.07) is 24.8. The van der Waals surface area contributed by atoms with Crippen LogP contribution in [0.25, 0.3) is 0 Å². The molecule has 0 unspecified atom stereocenters. The first-order valence-electron chi connectivity index (χ1n) is 11.8. The molecule has 0 saturated carbocycles. The van der Waals surface area contributed by atoms with E-state index >= 15 is 0 Å². The summed E-state index contributed by atoms with van der Waals surface area (Å²) < 4.78 is 5.80. The highest BCUT2D eigenvalue weighted by Crippen LogP contribution is 2.17. The Labute approximate surface area is 202 Å². The van der Waals surface area contributed by atoms with E-state index in [0.717, 1.165) is 28.7 Å². The summed E-state index contributed by atoms with van der Waals surface area (Å²) >= 11 is 0. The molecule has 0 fully saturated rings. The van der Waals surface area contributed by atoms with Gasteiger partial charge in [0.15, 0.2) is 6.61 Å². The molecule has 0 spiro atoms. The molecule has 0 heterocycles. The summed E-state index contributed by atoms with van der Waals surface area (Å²) in [5.74, 6) is 0.250. The Bertz CT molecular complexity index is 1050. The van der Waals surface area contributed by atoms with Gasteiger partial charge in [0.1, 0.15) is 11.8 Å². The highest BCUT2D eigenvalue weighted by molar-refractivity contribution is 5.88. The molecule has 3 aromatic carbocycles. The van der Waals surface area contributed by atoms with Gasteiger partial charge in [0.05, 0.1) is 0 Å². The SMILES string of the molecule is CCCNC(=O)[C@H](Cc1ccccc1)N(Cc1ccc(C)cc1)C(=O)COc1ccc(C)cc1. The molecule has 0 aliphatic rings. The van der Waals surface area contributed by atoms with Gasteiger partial charge in [-0.05, 0) is 43.5 Å². The van der Waals surface area contributed by atoms with Crippen LogP contribution in [0.3, 0.4) is 0 Å². The van der Waals surface area contributed by atoms with E-state index in [1.807, 2.05) is 99.6 Å². The van der Waals surface area contributed by atoms with Crippen LogP contribution in [0.1, 0.15) is 35.6 Å². The second-order valence-corrected chi connectivity index (χ2v) is 8.61. The molecule has 0 saturated heterocycles. The van der Waals surface area contributed by atoms with E-state index in [4.69, 9.17) is 4.74 Å². The Morgan fingerprint density at radius 3 is 2.09 bits per heavy atom. The van der Waals surface area contributed by atoms with Crippen molar-refractivity contribution in [1.82, 2.24) is 10.2 Å². The number of hydrogen-bond donors (Lipinski definition) is 1. The van der Waals surface area contributed by atoms with E-state index in [1.54, 1.807) is 4.90 Å². The van der Waals surface area contributed by atoms with Gasteiger partial charge in [0.2, 0.25) is 5.91 Å². The van der Waals surface area contributed by atoms with Crippen molar-refractivity contribution in [3.8, 4) is 5.75 Å². The summed E-state index contributed by atoms with van der Waals surface area (Å²) in [5.41, 5.74) is 4.23. The Balaban J connectivity index is 1.87. The zero-order chi connectivity index (χ0) is 24.3. The quantitative estimate of drug-likeness (QED) is 0.447. The number of nitrogens with zero attached hydrogens (tertiary/aromatic N) is 1. The van der Waals surface area contributed by atoms with Gasteiger partial charge in [0, 0.05) is 19.5 Å². The predicted molar refractivity (Wildman–Crippen MR) is 136 cm³/mol. The maximum Gasteiger partial charge on any atom is 0.261 e. The summed E-state index contributed by atoms with van der Waals surface area (Å²) in [6.07, 6.45) is 1.25. The first-order valence-corrected chi connectivity index (χ1v) is 11.8. The van der Waals surface area contributed by atoms with Crippen molar-refractivity contribution in [1.29, 1.82) is 0 Å². The molecule has 3 aromatic rings. The van der Waals surface area contributed by atoms with Crippen LogP contribution in [0, 0.1) is 13.8 Å². The van der Waals surface area contributed by atoms with Crippen molar-refractivity contribution >= 4 is 11.8 Å². The maximum atomic E-state index is 13.5. The number of benzene rings is 3. The lowest BCUT2D eigenvalue weighted by Gasteiger charge is -2.31. The smallest absolute Gasteiger partial charge is 0.261 e. The fourth-order valence-electron chi connectivity index (χ4n) is 3.67. The number of rotatable bonds is 11. The van der Waals surface area contributed by atoms with Gasteiger partial charge in [-0.1, -0.05) is 84.8 Å². The first-order chi connectivity index (χ1) is 16.5. The third kappa shape index (κ3) is 7.48. The summed E-state index contributed by atoms with van der Waals surface area (Å²) in [6.45, 7) is 6.79. The molecule has 0 radical (unpaired) electrons. The zero-order valence-corrected chi connectivity index (χ0v) is 20.3. The van der Waals surface area contributed by atoms with Crippen LogP contribution >= 0.6 is 0 Å². The van der Waals surface area contributed by atoms with Crippen molar-refractivity contribution in [3.05, 3.63) is 101 Å². The fourth-order valence-corrected chi connectivity index (χ4v) is 3.67. The van der Waals surface area contributed by atoms with Crippen LogP contribution in [-0.4, -0.2) is 35.9 Å². The standard InChI is InChI=1S/C29H34N2O3/c1-4-18-30-29(33)27(19-24-8-6-5-7-9-24)31(20-25-14-10-22(2)11-15-25)28(32)21-34-26-16-12-23(3)13-17-26/h5-17,27H,4,18-21H2,1-3H3,(H,30,33)/t27-/m0/s1. The van der Waals surface area contributed by atoms with Crippen LogP contribution in [0.2, 0.25) is 0 Å². The Morgan fingerprint density at radius 1 is 0.853 bits per heavy atom. The van der Waals surface area contributed by atoms with Crippen LogP contribution in [0.15, 0.2) is 78.9 Å². The monoisotopic (exact) mass is 458 g/mol. The van der Waals surface area contributed by atoms with Gasteiger partial charge < -0.3 is 15.0 Å². The molecule has 1 atom stereocenters. The minimum absolute atomic E-state index is 0.138. The van der Waals surface area contributed by atoms with E-state index in [-0.39, 0.29) is 18.4 Å². The molecule has 1 N–H and O–H groups in total. The van der Waals surface area contributed by atoms with E-state index < -0.39 is 6.04 Å². The molecular weight excluding hydrogens is 424 g/mol. The largest absolute Gasteiger partial charge is 0.484 e. The number of aryl methyl sites for hydroxylation is 2. The number of carbonyl (C=O) groups excluding carboxylic acids is 2. The number of hydrogen-bond acceptors (Lipinski definition) is 3. The molecule has 34 heavy (non-hydrogen) atoms. The number of amides is 2. The number of carbonyl (C=O) groups is 2. The van der Waals surface area contributed by atoms with Crippen molar-refractivity contribution < 1.29 is 14.3 Å². The van der Waals surface area contributed by atoms with Gasteiger partial charge in [-0.3, -0.25) is 9.59 Å². The van der Waals surface area contributed by atoms with Crippen molar-refractivity contribution in [2.24, 2.45) is 0 Å². The van der Waals surface area contributed by atoms with Crippen molar-refractivity contribution in [2.45, 2.75) is 46.2 Å². The molecular formula is C29H34N2O3. The molecule has 0 aliphatic heterocycles. The molecule has 0 aromatic heterocycles. The van der Waals surface area contributed by atoms with Gasteiger partial charge in [-0.25, -0.2) is 0 Å². The van der Waals surface area contributed by atoms with E-state index in [9.17, 15) is 9.59 Å². The Kier molecular flexibility index (Phi) is 9.27. The first kappa shape index (κ1) is 25.0. The summed E-state index contributed by atoms with van der Waals surface area (Å²) in [7, 11) is 0. The van der Waals surface area contributed by atoms with Gasteiger partial charge in [-0.15, -0.1) is 0 Å². The van der Waals surface area contributed by atoms with E-state index in [2.05, 4.69) is 5.32 Å². The lowest BCUT2D eigenvalue weighted by molar-refractivity contribution is -0.142. The van der Waals surface area contributed by atoms with Gasteiger partial charge >= 0.3 is 0 Å².